The molecule has 2 N–H and O–H groups in total. The zero-order valence-electron chi connectivity index (χ0n) is 8.85. The maximum atomic E-state index is 9.41. The molecule has 0 aromatic carbocycles. The molecule has 4 nitrogen and oxygen atoms in total. The highest BCUT2D eigenvalue weighted by Crippen LogP contribution is 2.25. The van der Waals surface area contributed by atoms with Crippen LogP contribution >= 0.6 is 0 Å². The van der Waals surface area contributed by atoms with Gasteiger partial charge >= 0.3 is 0 Å². The third-order valence-corrected chi connectivity index (χ3v) is 2.66. The Morgan fingerprint density at radius 1 is 1.36 bits per heavy atom. The van der Waals surface area contributed by atoms with E-state index in [9.17, 15) is 10.2 Å². The predicted molar refractivity (Wildman–Crippen MR) is 51.8 cm³/mol. The van der Waals surface area contributed by atoms with Crippen LogP contribution < -0.4 is 0 Å². The highest BCUT2D eigenvalue weighted by Gasteiger charge is 2.39. The van der Waals surface area contributed by atoms with Gasteiger partial charge in [0.1, 0.15) is 6.10 Å². The van der Waals surface area contributed by atoms with Crippen molar-refractivity contribution in [2.75, 3.05) is 13.2 Å². The zero-order valence-corrected chi connectivity index (χ0v) is 8.85. The zero-order chi connectivity index (χ0) is 10.6. The number of unbranched alkanes of at least 4 members (excludes halogenated alkanes) is 1. The minimum absolute atomic E-state index is 0.0633. The maximum absolute atomic E-state index is 9.41. The minimum Gasteiger partial charge on any atom is -0.387 e. The van der Waals surface area contributed by atoms with Crippen LogP contribution in [0.3, 0.4) is 0 Å². The van der Waals surface area contributed by atoms with Crippen LogP contribution in [0.25, 0.3) is 0 Å². The van der Waals surface area contributed by atoms with Crippen LogP contribution in [-0.4, -0.2) is 41.9 Å². The lowest BCUT2D eigenvalue weighted by Gasteiger charge is -2.14. The Morgan fingerprint density at radius 3 is 2.57 bits per heavy atom. The molecule has 1 saturated heterocycles. The molecular formula is C10H20O4. The largest absolute Gasteiger partial charge is 0.387 e. The van der Waals surface area contributed by atoms with E-state index in [4.69, 9.17) is 9.47 Å². The molecule has 0 bridgehead atoms. The lowest BCUT2D eigenvalue weighted by atomic mass is 10.0. The van der Waals surface area contributed by atoms with E-state index in [0.29, 0.717) is 6.61 Å². The Labute approximate surface area is 84.8 Å². The highest BCUT2D eigenvalue weighted by molar-refractivity contribution is 4.82. The standard InChI is InChI=1S/C10H20O4/c1-3-4-5-13-6-8-7(2)9(11)10(12)14-8/h7-12H,3-6H2,1-2H3/t7-,8-,9-,10?/m1/s1. The van der Waals surface area contributed by atoms with Crippen LogP contribution in [0.5, 0.6) is 0 Å². The second kappa shape index (κ2) is 5.66. The second-order valence-electron chi connectivity index (χ2n) is 3.84. The summed E-state index contributed by atoms with van der Waals surface area (Å²) in [4.78, 5) is 0. The first-order valence-electron chi connectivity index (χ1n) is 5.26. The molecule has 1 heterocycles. The van der Waals surface area contributed by atoms with Crippen LogP contribution in [-0.2, 0) is 9.47 Å². The van der Waals surface area contributed by atoms with Crippen LogP contribution in [0.1, 0.15) is 26.7 Å². The van der Waals surface area contributed by atoms with Crippen LogP contribution in [0.15, 0.2) is 0 Å². The molecular weight excluding hydrogens is 184 g/mol. The smallest absolute Gasteiger partial charge is 0.181 e. The monoisotopic (exact) mass is 204 g/mol. The van der Waals surface area contributed by atoms with Crippen molar-refractivity contribution in [1.82, 2.24) is 0 Å². The molecule has 4 heteroatoms. The van der Waals surface area contributed by atoms with Crippen molar-refractivity contribution in [1.29, 1.82) is 0 Å². The van der Waals surface area contributed by atoms with Crippen molar-refractivity contribution in [3.05, 3.63) is 0 Å². The van der Waals surface area contributed by atoms with Gasteiger partial charge < -0.3 is 19.7 Å². The molecule has 84 valence electrons. The van der Waals surface area contributed by atoms with Gasteiger partial charge in [-0.25, -0.2) is 0 Å². The van der Waals surface area contributed by atoms with Gasteiger partial charge in [0.05, 0.1) is 12.7 Å². The molecule has 0 saturated carbocycles. The first-order valence-corrected chi connectivity index (χ1v) is 5.26. The SMILES string of the molecule is CCCCOC[C@H]1OC(O)[C@H](O)[C@@H]1C. The molecule has 0 amide bonds. The number of hydrogen-bond donors (Lipinski definition) is 2. The molecule has 1 fully saturated rings. The lowest BCUT2D eigenvalue weighted by molar-refractivity contribution is -0.137. The Hall–Kier alpha value is -0.160. The van der Waals surface area contributed by atoms with E-state index in [0.717, 1.165) is 19.4 Å². The van der Waals surface area contributed by atoms with Crippen LogP contribution in [0.4, 0.5) is 0 Å². The van der Waals surface area contributed by atoms with Crippen molar-refractivity contribution >= 4 is 0 Å². The number of aliphatic hydroxyl groups is 2. The van der Waals surface area contributed by atoms with Crippen molar-refractivity contribution in [3.8, 4) is 0 Å². The fourth-order valence-electron chi connectivity index (χ4n) is 1.50. The Bertz CT molecular complexity index is 162. The highest BCUT2D eigenvalue weighted by atomic mass is 16.6. The molecule has 1 aliphatic rings. The first kappa shape index (κ1) is 11.9. The van der Waals surface area contributed by atoms with E-state index in [1.807, 2.05) is 6.92 Å². The Kier molecular flexibility index (Phi) is 4.81. The van der Waals surface area contributed by atoms with Gasteiger partial charge in [0.15, 0.2) is 6.29 Å². The van der Waals surface area contributed by atoms with E-state index in [1.165, 1.54) is 0 Å². The van der Waals surface area contributed by atoms with Gasteiger partial charge in [-0.15, -0.1) is 0 Å². The van der Waals surface area contributed by atoms with Crippen molar-refractivity contribution in [3.63, 3.8) is 0 Å². The summed E-state index contributed by atoms with van der Waals surface area (Å²) in [6.07, 6.45) is 0.120. The summed E-state index contributed by atoms with van der Waals surface area (Å²) in [6.45, 7) is 5.13. The van der Waals surface area contributed by atoms with Gasteiger partial charge in [0, 0.05) is 12.5 Å². The van der Waals surface area contributed by atoms with Crippen molar-refractivity contribution < 1.29 is 19.7 Å². The molecule has 0 radical (unpaired) electrons. The summed E-state index contributed by atoms with van der Waals surface area (Å²) in [7, 11) is 0. The molecule has 0 spiro atoms. The Balaban J connectivity index is 2.19. The Morgan fingerprint density at radius 2 is 2.07 bits per heavy atom. The summed E-state index contributed by atoms with van der Waals surface area (Å²) in [5, 5.41) is 18.6. The van der Waals surface area contributed by atoms with Crippen molar-refractivity contribution in [2.24, 2.45) is 5.92 Å². The van der Waals surface area contributed by atoms with Crippen LogP contribution in [0, 0.1) is 5.92 Å². The normalized spacial score (nSPS) is 37.7. The molecule has 0 aromatic rings. The average molecular weight is 204 g/mol. The van der Waals surface area contributed by atoms with Gasteiger partial charge in [-0.3, -0.25) is 0 Å². The second-order valence-corrected chi connectivity index (χ2v) is 3.84. The van der Waals surface area contributed by atoms with E-state index in [1.54, 1.807) is 0 Å². The number of ether oxygens (including phenoxy) is 2. The van der Waals surface area contributed by atoms with E-state index in [-0.39, 0.29) is 12.0 Å². The quantitative estimate of drug-likeness (QED) is 0.641. The molecule has 1 unspecified atom stereocenters. The molecule has 1 aliphatic heterocycles. The topological polar surface area (TPSA) is 58.9 Å². The summed E-state index contributed by atoms with van der Waals surface area (Å²) in [5.41, 5.74) is 0. The first-order chi connectivity index (χ1) is 6.66. The van der Waals surface area contributed by atoms with E-state index in [2.05, 4.69) is 6.92 Å². The summed E-state index contributed by atoms with van der Waals surface area (Å²) in [5.74, 6) is -0.0633. The van der Waals surface area contributed by atoms with Gasteiger partial charge in [0.25, 0.3) is 0 Å². The molecule has 1 rings (SSSR count). The van der Waals surface area contributed by atoms with Crippen molar-refractivity contribution in [2.45, 2.75) is 45.2 Å². The van der Waals surface area contributed by atoms with E-state index < -0.39 is 12.4 Å². The third kappa shape index (κ3) is 2.92. The minimum atomic E-state index is -1.05. The summed E-state index contributed by atoms with van der Waals surface area (Å²) >= 11 is 0. The summed E-state index contributed by atoms with van der Waals surface area (Å²) in [6, 6.07) is 0. The third-order valence-electron chi connectivity index (χ3n) is 2.66. The predicted octanol–water partition coefficient (Wildman–Crippen LogP) is 0.517. The van der Waals surface area contributed by atoms with E-state index >= 15 is 0 Å². The molecule has 0 aromatic heterocycles. The van der Waals surface area contributed by atoms with Gasteiger partial charge in [-0.2, -0.15) is 0 Å². The summed E-state index contributed by atoms with van der Waals surface area (Å²) < 4.78 is 10.5. The van der Waals surface area contributed by atoms with Gasteiger partial charge in [0.2, 0.25) is 0 Å². The fraction of sp³-hybridized carbons (Fsp3) is 1.00. The number of hydrogen-bond acceptors (Lipinski definition) is 4. The molecule has 0 aliphatic carbocycles. The van der Waals surface area contributed by atoms with Crippen LogP contribution in [0.2, 0.25) is 0 Å². The average Bonchev–Trinajstić information content (AvgIpc) is 2.41. The molecule has 4 atom stereocenters. The van der Waals surface area contributed by atoms with Gasteiger partial charge in [-0.1, -0.05) is 20.3 Å². The maximum Gasteiger partial charge on any atom is 0.181 e. The number of aliphatic hydroxyl groups excluding tert-OH is 2. The molecule has 14 heavy (non-hydrogen) atoms. The fourth-order valence-corrected chi connectivity index (χ4v) is 1.50. The number of rotatable bonds is 5. The van der Waals surface area contributed by atoms with Gasteiger partial charge in [-0.05, 0) is 6.42 Å². The lowest BCUT2D eigenvalue weighted by Crippen LogP contribution is -2.26.